The van der Waals surface area contributed by atoms with Gasteiger partial charge in [0.05, 0.1) is 6.61 Å². The molecule has 5 heteroatoms. The molecule has 1 aliphatic rings. The van der Waals surface area contributed by atoms with Crippen molar-refractivity contribution >= 4 is 27.6 Å². The van der Waals surface area contributed by atoms with Crippen molar-refractivity contribution in [1.29, 1.82) is 0 Å². The number of thioether (sulfide) groups is 1. The van der Waals surface area contributed by atoms with E-state index in [2.05, 4.69) is 77.3 Å². The van der Waals surface area contributed by atoms with Gasteiger partial charge in [-0.1, -0.05) is 90.6 Å². The van der Waals surface area contributed by atoms with Crippen LogP contribution in [0.1, 0.15) is 29.0 Å². The second-order valence-corrected chi connectivity index (χ2v) is 8.57. The predicted octanol–water partition coefficient (Wildman–Crippen LogP) is 6.51. The summed E-state index contributed by atoms with van der Waals surface area (Å²) in [6.45, 7) is 3.05. The highest BCUT2D eigenvalue weighted by Gasteiger charge is 2.23. The number of fused-ring (bicyclic) bond motifs is 1. The van der Waals surface area contributed by atoms with Gasteiger partial charge < -0.3 is 9.47 Å². The highest BCUT2D eigenvalue weighted by atomic mass is 32.2. The first-order valence-corrected chi connectivity index (χ1v) is 11.6. The zero-order valence-electron chi connectivity index (χ0n) is 17.8. The molecule has 0 radical (unpaired) electrons. The summed E-state index contributed by atoms with van der Waals surface area (Å²) in [5.74, 6) is 1.50. The summed E-state index contributed by atoms with van der Waals surface area (Å²) in [5, 5.41) is 7.98. The number of hydrogen-bond donors (Lipinski definition) is 1. The number of rotatable bonds is 7. The van der Waals surface area contributed by atoms with Crippen molar-refractivity contribution in [2.24, 2.45) is 5.10 Å². The molecule has 32 heavy (non-hydrogen) atoms. The fourth-order valence-electron chi connectivity index (χ4n) is 3.79. The van der Waals surface area contributed by atoms with Gasteiger partial charge in [-0.15, -0.1) is 0 Å². The van der Waals surface area contributed by atoms with Gasteiger partial charge in [-0.2, -0.15) is 5.10 Å². The van der Waals surface area contributed by atoms with E-state index in [1.54, 1.807) is 11.8 Å². The van der Waals surface area contributed by atoms with Crippen molar-refractivity contribution in [2.45, 2.75) is 18.9 Å². The Morgan fingerprint density at radius 1 is 0.844 bits per heavy atom. The highest BCUT2D eigenvalue weighted by Crippen LogP contribution is 2.38. The molecule has 4 nitrogen and oxygen atoms in total. The van der Waals surface area contributed by atoms with E-state index in [0.29, 0.717) is 13.2 Å². The highest BCUT2D eigenvalue weighted by molar-refractivity contribution is 8.14. The van der Waals surface area contributed by atoms with E-state index >= 15 is 0 Å². The zero-order valence-corrected chi connectivity index (χ0v) is 18.6. The van der Waals surface area contributed by atoms with Gasteiger partial charge in [0.1, 0.15) is 17.0 Å². The van der Waals surface area contributed by atoms with Crippen molar-refractivity contribution < 1.29 is 9.47 Å². The number of nitrogens with zero attached hydrogens (tertiary/aromatic N) is 1. The Labute approximate surface area is 192 Å². The van der Waals surface area contributed by atoms with E-state index in [1.165, 1.54) is 10.8 Å². The molecule has 0 bridgehead atoms. The molecule has 0 unspecified atom stereocenters. The molecule has 1 aliphatic heterocycles. The number of benzene rings is 4. The zero-order chi connectivity index (χ0) is 21.8. The van der Waals surface area contributed by atoms with Crippen LogP contribution in [0.2, 0.25) is 0 Å². The molecule has 5 rings (SSSR count). The molecule has 0 saturated heterocycles. The maximum atomic E-state index is 6.21. The average molecular weight is 441 g/mol. The third kappa shape index (κ3) is 4.30. The maximum absolute atomic E-state index is 6.21. The minimum Gasteiger partial charge on any atom is -0.490 e. The molecule has 1 atom stereocenters. The lowest BCUT2D eigenvalue weighted by atomic mass is 10.1. The topological polar surface area (TPSA) is 42.8 Å². The Morgan fingerprint density at radius 2 is 1.66 bits per heavy atom. The summed E-state index contributed by atoms with van der Waals surface area (Å²) in [7, 11) is 0. The van der Waals surface area contributed by atoms with Crippen LogP contribution in [-0.2, 0) is 6.61 Å². The molecule has 0 saturated carbocycles. The van der Waals surface area contributed by atoms with Gasteiger partial charge in [0, 0.05) is 5.56 Å². The van der Waals surface area contributed by atoms with Crippen LogP contribution in [0.25, 0.3) is 10.8 Å². The lowest BCUT2D eigenvalue weighted by Gasteiger charge is -2.16. The van der Waals surface area contributed by atoms with Gasteiger partial charge in [0.2, 0.25) is 0 Å². The first-order chi connectivity index (χ1) is 15.8. The Kier molecular flexibility index (Phi) is 5.99. The summed E-state index contributed by atoms with van der Waals surface area (Å²) >= 11 is 1.70. The molecule has 1 N–H and O–H groups in total. The van der Waals surface area contributed by atoms with Crippen LogP contribution in [0.4, 0.5) is 0 Å². The number of ether oxygens (including phenoxy) is 2. The van der Waals surface area contributed by atoms with E-state index in [4.69, 9.17) is 9.47 Å². The van der Waals surface area contributed by atoms with E-state index in [1.807, 2.05) is 31.2 Å². The van der Waals surface area contributed by atoms with Crippen LogP contribution in [0.3, 0.4) is 0 Å². The van der Waals surface area contributed by atoms with Crippen molar-refractivity contribution in [1.82, 2.24) is 5.43 Å². The van der Waals surface area contributed by atoms with Gasteiger partial charge in [0.15, 0.2) is 11.5 Å². The van der Waals surface area contributed by atoms with Gasteiger partial charge in [-0.25, -0.2) is 0 Å². The van der Waals surface area contributed by atoms with Gasteiger partial charge >= 0.3 is 0 Å². The minimum atomic E-state index is 0.0385. The Hall–Kier alpha value is -3.44. The SMILES string of the molecule is CCOc1cc([C@@H]2NN=C(c3ccccc3)S2)ccc1OCc1cccc2ccccc12. The van der Waals surface area contributed by atoms with E-state index in [9.17, 15) is 0 Å². The van der Waals surface area contributed by atoms with Crippen LogP contribution in [0.15, 0.2) is 96.1 Å². The third-order valence-electron chi connectivity index (χ3n) is 5.37. The van der Waals surface area contributed by atoms with E-state index in [0.717, 1.165) is 33.2 Å². The molecule has 160 valence electrons. The van der Waals surface area contributed by atoms with Crippen LogP contribution < -0.4 is 14.9 Å². The largest absolute Gasteiger partial charge is 0.490 e. The van der Waals surface area contributed by atoms with Crippen molar-refractivity contribution in [3.05, 3.63) is 108 Å². The summed E-state index contributed by atoms with van der Waals surface area (Å²) < 4.78 is 12.1. The summed E-state index contributed by atoms with van der Waals surface area (Å²) in [5.41, 5.74) is 6.62. The molecule has 0 spiro atoms. The smallest absolute Gasteiger partial charge is 0.161 e. The van der Waals surface area contributed by atoms with E-state index < -0.39 is 0 Å². The van der Waals surface area contributed by atoms with Gasteiger partial charge in [-0.3, -0.25) is 5.43 Å². The molecule has 0 aromatic heterocycles. The molecule has 0 fully saturated rings. The molecule has 1 heterocycles. The molecular weight excluding hydrogens is 416 g/mol. The lowest BCUT2D eigenvalue weighted by Crippen LogP contribution is -2.08. The lowest BCUT2D eigenvalue weighted by molar-refractivity contribution is 0.270. The standard InChI is InChI=1S/C27H24N2O2S/c1-2-30-25-17-21(27-29-28-26(32-27)20-10-4-3-5-11-20)15-16-24(25)31-18-22-13-8-12-19-9-6-7-14-23(19)22/h3-17,27,29H,2,18H2,1H3/t27-/m1/s1. The number of hydrogen-bond acceptors (Lipinski definition) is 5. The molecule has 0 amide bonds. The Balaban J connectivity index is 1.33. The second-order valence-electron chi connectivity index (χ2n) is 7.48. The number of nitrogens with one attached hydrogen (secondary N) is 1. The normalized spacial score (nSPS) is 15.3. The van der Waals surface area contributed by atoms with Gasteiger partial charge in [-0.05, 0) is 41.0 Å². The summed E-state index contributed by atoms with van der Waals surface area (Å²) in [6, 6.07) is 31.0. The summed E-state index contributed by atoms with van der Waals surface area (Å²) in [6.07, 6.45) is 0. The monoisotopic (exact) mass is 440 g/mol. The first-order valence-electron chi connectivity index (χ1n) is 10.7. The van der Waals surface area contributed by atoms with Crippen LogP contribution in [0.5, 0.6) is 11.5 Å². The van der Waals surface area contributed by atoms with Gasteiger partial charge in [0.25, 0.3) is 0 Å². The fourth-order valence-corrected chi connectivity index (χ4v) is 4.78. The van der Waals surface area contributed by atoms with E-state index in [-0.39, 0.29) is 5.37 Å². The molecule has 4 aromatic rings. The molecule has 4 aromatic carbocycles. The summed E-state index contributed by atoms with van der Waals surface area (Å²) in [4.78, 5) is 0. The van der Waals surface area contributed by atoms with Crippen LogP contribution >= 0.6 is 11.8 Å². The first kappa shape index (κ1) is 20.5. The number of hydrazone groups is 1. The van der Waals surface area contributed by atoms with Crippen molar-refractivity contribution in [3.63, 3.8) is 0 Å². The second kappa shape index (κ2) is 9.37. The predicted molar refractivity (Wildman–Crippen MR) is 132 cm³/mol. The van der Waals surface area contributed by atoms with Crippen molar-refractivity contribution in [3.8, 4) is 11.5 Å². The third-order valence-corrected chi connectivity index (χ3v) is 6.53. The average Bonchev–Trinajstić information content (AvgIpc) is 3.34. The Bertz CT molecular complexity index is 1250. The van der Waals surface area contributed by atoms with Crippen LogP contribution in [0, 0.1) is 0 Å². The van der Waals surface area contributed by atoms with Crippen molar-refractivity contribution in [2.75, 3.05) is 6.61 Å². The maximum Gasteiger partial charge on any atom is 0.161 e. The fraction of sp³-hybridized carbons (Fsp3) is 0.148. The molecular formula is C27H24N2O2S. The van der Waals surface area contributed by atoms with Crippen LogP contribution in [-0.4, -0.2) is 11.7 Å². The minimum absolute atomic E-state index is 0.0385. The Morgan fingerprint density at radius 3 is 2.53 bits per heavy atom. The quantitative estimate of drug-likeness (QED) is 0.355. The molecule has 0 aliphatic carbocycles.